The van der Waals surface area contributed by atoms with Gasteiger partial charge >= 0.3 is 30.9 Å². The highest BCUT2D eigenvalue weighted by Crippen LogP contribution is 2.46. The summed E-state index contributed by atoms with van der Waals surface area (Å²) in [7, 11) is 0. The molecule has 11 rings (SSSR count). The lowest BCUT2D eigenvalue weighted by atomic mass is 9.74. The Bertz CT molecular complexity index is 3780. The van der Waals surface area contributed by atoms with E-state index in [1.54, 1.807) is 25.1 Å². The van der Waals surface area contributed by atoms with Crippen LogP contribution >= 0.6 is 0 Å². The fourth-order valence-corrected chi connectivity index (χ4v) is 14.7. The molecule has 0 bridgehead atoms. The first-order chi connectivity index (χ1) is 49.1. The van der Waals surface area contributed by atoms with Crippen molar-refractivity contribution in [1.82, 2.24) is 30.7 Å². The van der Waals surface area contributed by atoms with Gasteiger partial charge in [-0.15, -0.1) is 0 Å². The molecule has 5 aliphatic rings. The Morgan fingerprint density at radius 2 is 0.865 bits per heavy atom. The van der Waals surface area contributed by atoms with E-state index in [2.05, 4.69) is 61.0 Å². The molecule has 3 aliphatic heterocycles. The number of fused-ring (bicyclic) bond motifs is 2. The Kier molecular flexibility index (Phi) is 27.0. The first-order valence-electron chi connectivity index (χ1n) is 35.2. The molecule has 9 nitrogen and oxygen atoms in total. The molecule has 6 aromatic rings. The first kappa shape index (κ1) is 80.3. The fraction of sp³-hybridized carbons (Fsp3) is 0.474. The molecule has 3 heterocycles. The Labute approximate surface area is 594 Å². The summed E-state index contributed by atoms with van der Waals surface area (Å²) < 4.78 is 223. The smallest absolute Gasteiger partial charge is 0.352 e. The van der Waals surface area contributed by atoms with Crippen LogP contribution in [0, 0.1) is 24.5 Å². The molecule has 3 saturated heterocycles. The summed E-state index contributed by atoms with van der Waals surface area (Å²) in [5.74, 6) is -3.48. The number of halogens is 17. The van der Waals surface area contributed by atoms with Gasteiger partial charge in [0.15, 0.2) is 0 Å². The minimum absolute atomic E-state index is 0.00735. The molecule has 3 N–H and O–H groups in total. The van der Waals surface area contributed by atoms with E-state index in [-0.39, 0.29) is 71.4 Å². The van der Waals surface area contributed by atoms with Crippen LogP contribution in [0.1, 0.15) is 180 Å². The Morgan fingerprint density at radius 3 is 1.29 bits per heavy atom. The highest BCUT2D eigenvalue weighted by atomic mass is 19.4. The minimum Gasteiger partial charge on any atom is -0.352 e. The van der Waals surface area contributed by atoms with Gasteiger partial charge in [-0.05, 0) is 254 Å². The van der Waals surface area contributed by atoms with Crippen LogP contribution in [0.5, 0.6) is 0 Å². The minimum atomic E-state index is -4.97. The van der Waals surface area contributed by atoms with E-state index in [0.29, 0.717) is 78.6 Å². The lowest BCUT2D eigenvalue weighted by molar-refractivity contribution is -0.144. The summed E-state index contributed by atoms with van der Waals surface area (Å²) in [4.78, 5) is 45.9. The average molecular weight is 1480 g/mol. The summed E-state index contributed by atoms with van der Waals surface area (Å²) in [5.41, 5.74) is -2.04. The van der Waals surface area contributed by atoms with E-state index in [9.17, 15) is 89.0 Å². The molecule has 6 aromatic carbocycles. The number of carbonyl (C=O) groups excluding carboxylic acids is 3. The number of likely N-dealkylation sites (tertiary alicyclic amines) is 3. The van der Waals surface area contributed by atoms with Gasteiger partial charge in [-0.3, -0.25) is 14.4 Å². The number of hydrogen-bond acceptors (Lipinski definition) is 6. The van der Waals surface area contributed by atoms with Crippen molar-refractivity contribution in [1.29, 1.82) is 0 Å². The summed E-state index contributed by atoms with van der Waals surface area (Å²) in [6, 6.07) is 26.4. The van der Waals surface area contributed by atoms with Crippen molar-refractivity contribution in [3.8, 4) is 0 Å². The molecule has 1 saturated carbocycles. The van der Waals surface area contributed by atoms with Gasteiger partial charge in [0, 0.05) is 37.0 Å². The van der Waals surface area contributed by atoms with Gasteiger partial charge in [-0.2, -0.15) is 65.9 Å². The van der Waals surface area contributed by atoms with Crippen LogP contribution in [0.2, 0.25) is 0 Å². The number of alkyl halides is 15. The van der Waals surface area contributed by atoms with E-state index in [1.165, 1.54) is 73.2 Å². The van der Waals surface area contributed by atoms with Crippen molar-refractivity contribution in [3.05, 3.63) is 217 Å². The SMILES string of the molecule is Cc1cc(CNC(=O)[C@@H](CCCN2CCCCC2)c2ccc(F)cc2)cc(C(F)(F)F)c1.O=C(NCc1cc(C(F)(F)F)cc(C(F)(F)F)c1)[C@@H](CCCN1CCCCC1)c1ccc(F)cc1.O=C(NCc1cc(C(F)(F)F)cc(C(F)(F)F)c1)[C@H]1CC[C@@H](N2CCC3(C=Cc4ccccc43)CC2)C1. The molecule has 104 heavy (non-hydrogen) atoms. The number of nitrogens with zero attached hydrogens (tertiary/aromatic N) is 3. The molecule has 0 unspecified atom stereocenters. The molecule has 4 fully saturated rings. The van der Waals surface area contributed by atoms with E-state index in [4.69, 9.17) is 0 Å². The van der Waals surface area contributed by atoms with E-state index in [1.807, 2.05) is 6.07 Å². The van der Waals surface area contributed by atoms with Crippen LogP contribution in [0.3, 0.4) is 0 Å². The van der Waals surface area contributed by atoms with Crippen molar-refractivity contribution in [2.45, 2.75) is 177 Å². The number of hydrogen-bond donors (Lipinski definition) is 3. The number of benzene rings is 6. The molecule has 3 amide bonds. The molecule has 564 valence electrons. The zero-order chi connectivity index (χ0) is 75.2. The average Bonchev–Trinajstić information content (AvgIpc) is 1.60. The molecule has 26 heteroatoms. The monoisotopic (exact) mass is 1480 g/mol. The summed E-state index contributed by atoms with van der Waals surface area (Å²) in [6.45, 7) is 8.33. The Balaban J connectivity index is 0.000000181. The molecule has 0 aromatic heterocycles. The molecule has 0 radical (unpaired) electrons. The van der Waals surface area contributed by atoms with Crippen LogP contribution in [-0.2, 0) is 70.3 Å². The third-order valence-corrected chi connectivity index (χ3v) is 20.2. The van der Waals surface area contributed by atoms with Crippen LogP contribution in [0.15, 0.2) is 133 Å². The van der Waals surface area contributed by atoms with E-state index in [0.717, 1.165) is 103 Å². The van der Waals surface area contributed by atoms with Crippen LogP contribution in [0.25, 0.3) is 6.08 Å². The van der Waals surface area contributed by atoms with Gasteiger partial charge in [0.05, 0.1) is 39.7 Å². The van der Waals surface area contributed by atoms with Crippen molar-refractivity contribution in [3.63, 3.8) is 0 Å². The predicted molar refractivity (Wildman–Crippen MR) is 361 cm³/mol. The van der Waals surface area contributed by atoms with Gasteiger partial charge in [-0.25, -0.2) is 8.78 Å². The lowest BCUT2D eigenvalue weighted by Gasteiger charge is -2.42. The maximum absolute atomic E-state index is 13.4. The lowest BCUT2D eigenvalue weighted by Crippen LogP contribution is -2.45. The highest BCUT2D eigenvalue weighted by Gasteiger charge is 2.43. The number of carbonyl (C=O) groups is 3. The van der Waals surface area contributed by atoms with Crippen LogP contribution in [0.4, 0.5) is 74.6 Å². The van der Waals surface area contributed by atoms with Crippen LogP contribution in [-0.4, -0.2) is 90.8 Å². The molecular weight excluding hydrogens is 1390 g/mol. The third kappa shape index (κ3) is 22.8. The maximum Gasteiger partial charge on any atom is 0.416 e. The molecular formula is C78H85F17N6O3. The first-order valence-corrected chi connectivity index (χ1v) is 35.2. The van der Waals surface area contributed by atoms with Crippen LogP contribution < -0.4 is 16.0 Å². The standard InChI is InChI=1S/C28H28F6N2O.C25H27F7N2O.C25H30F4N2O/c29-27(30,31)21-13-18(14-22(16-21)28(32,33)34)17-35-25(37)20-5-6-23(15-20)36-11-9-26(10-12-36)8-7-19-3-1-2-4-24(19)26;26-21-8-6-18(7-9-21)22(5-4-12-34-10-2-1-3-11-34)23(35)33-16-17-13-19(24(27,28)29)15-20(14-17)25(30,31)32;1-18-14-19(16-21(15-18)25(27,28)29)17-30-24(32)23(20-7-9-22(26)10-8-20)6-5-13-31-11-3-2-4-12-31/h1-4,7-8,13-14,16,20,23H,5-6,9-12,15,17H2,(H,35,37);6-9,13-15,22H,1-5,10-12,16H2,(H,33,35);7-10,14-16,23H,2-6,11-13,17H2,1H3,(H,30,32)/t20-,23+;22-;23-/m000/s1. The third-order valence-electron chi connectivity index (χ3n) is 20.2. The molecule has 1 spiro atoms. The summed E-state index contributed by atoms with van der Waals surface area (Å²) in [5, 5.41) is 7.84. The predicted octanol–water partition coefficient (Wildman–Crippen LogP) is 18.9. The second-order valence-corrected chi connectivity index (χ2v) is 27.8. The fourth-order valence-electron chi connectivity index (χ4n) is 14.7. The van der Waals surface area contributed by atoms with Crippen molar-refractivity contribution < 1.29 is 89.0 Å². The van der Waals surface area contributed by atoms with Crippen molar-refractivity contribution in [2.24, 2.45) is 5.92 Å². The zero-order valence-electron chi connectivity index (χ0n) is 57.5. The largest absolute Gasteiger partial charge is 0.416 e. The topological polar surface area (TPSA) is 97.0 Å². The highest BCUT2D eigenvalue weighted by molar-refractivity contribution is 5.84. The Hall–Kier alpha value is -7.84. The van der Waals surface area contributed by atoms with Crippen molar-refractivity contribution in [2.75, 3.05) is 52.4 Å². The second kappa shape index (κ2) is 35.0. The van der Waals surface area contributed by atoms with Gasteiger partial charge < -0.3 is 30.7 Å². The van der Waals surface area contributed by atoms with E-state index >= 15 is 0 Å². The normalized spacial score (nSPS) is 18.7. The quantitative estimate of drug-likeness (QED) is 0.0659. The number of rotatable bonds is 20. The van der Waals surface area contributed by atoms with Gasteiger partial charge in [-0.1, -0.05) is 85.2 Å². The number of allylic oxidation sites excluding steroid dienone is 1. The van der Waals surface area contributed by atoms with Gasteiger partial charge in [0.1, 0.15) is 11.6 Å². The maximum atomic E-state index is 13.4. The molecule has 4 atom stereocenters. The number of aryl methyl sites for hydroxylation is 1. The van der Waals surface area contributed by atoms with Crippen molar-refractivity contribution >= 4 is 23.8 Å². The summed E-state index contributed by atoms with van der Waals surface area (Å²) in [6.07, 6.45) is -6.01. The number of amides is 3. The number of nitrogens with one attached hydrogen (secondary N) is 3. The van der Waals surface area contributed by atoms with Gasteiger partial charge in [0.2, 0.25) is 17.7 Å². The van der Waals surface area contributed by atoms with Gasteiger partial charge in [0.25, 0.3) is 0 Å². The van der Waals surface area contributed by atoms with E-state index < -0.39 is 88.8 Å². The zero-order valence-corrected chi connectivity index (χ0v) is 57.5. The summed E-state index contributed by atoms with van der Waals surface area (Å²) >= 11 is 0. The molecule has 2 aliphatic carbocycles. The number of piperidine rings is 3. The second-order valence-electron chi connectivity index (χ2n) is 27.8. The Morgan fingerprint density at radius 1 is 0.471 bits per heavy atom.